The number of hydrogen-bond acceptors (Lipinski definition) is 5. The Morgan fingerprint density at radius 3 is 2.93 bits per heavy atom. The number of nitrogens with zero attached hydrogens (tertiary/aromatic N) is 2. The molecule has 0 aliphatic rings. The maximum absolute atomic E-state index is 5.65. The van der Waals surface area contributed by atoms with Gasteiger partial charge in [0.1, 0.15) is 17.5 Å². The lowest BCUT2D eigenvalue weighted by atomic mass is 10.4. The van der Waals surface area contributed by atoms with Crippen LogP contribution in [0.5, 0.6) is 0 Å². The van der Waals surface area contributed by atoms with E-state index in [0.29, 0.717) is 5.82 Å². The van der Waals surface area contributed by atoms with Crippen molar-refractivity contribution in [1.82, 2.24) is 9.97 Å². The first-order valence-electron chi connectivity index (χ1n) is 5.12. The summed E-state index contributed by atoms with van der Waals surface area (Å²) in [6, 6.07) is 1.74. The van der Waals surface area contributed by atoms with Crippen LogP contribution in [0.15, 0.2) is 6.07 Å². The van der Waals surface area contributed by atoms with E-state index in [1.54, 1.807) is 13.2 Å². The van der Waals surface area contributed by atoms with E-state index in [1.165, 1.54) is 0 Å². The van der Waals surface area contributed by atoms with Crippen molar-refractivity contribution in [2.75, 3.05) is 31.3 Å². The predicted molar refractivity (Wildman–Crippen MR) is 60.8 cm³/mol. The van der Waals surface area contributed by atoms with Crippen LogP contribution < -0.4 is 11.1 Å². The van der Waals surface area contributed by atoms with Gasteiger partial charge >= 0.3 is 0 Å². The van der Waals surface area contributed by atoms with Crippen LogP contribution in [0.2, 0.25) is 0 Å². The molecule has 0 radical (unpaired) electrons. The molecule has 1 heterocycles. The van der Waals surface area contributed by atoms with Crippen LogP contribution in [-0.4, -0.2) is 30.2 Å². The molecule has 1 aromatic heterocycles. The second-order valence-corrected chi connectivity index (χ2v) is 3.22. The highest BCUT2D eigenvalue weighted by atomic mass is 16.5. The summed E-state index contributed by atoms with van der Waals surface area (Å²) in [5, 5.41) is 3.18. The predicted octanol–water partition coefficient (Wildman–Crippen LogP) is 1.07. The number of methoxy groups -OCH3 is 1. The van der Waals surface area contributed by atoms with Crippen LogP contribution in [0.25, 0.3) is 0 Å². The molecule has 3 N–H and O–H groups in total. The molecule has 0 atom stereocenters. The Morgan fingerprint density at radius 1 is 1.47 bits per heavy atom. The average molecular weight is 210 g/mol. The minimum atomic E-state index is 0.510. The van der Waals surface area contributed by atoms with Crippen LogP contribution in [0.1, 0.15) is 19.2 Å². The quantitative estimate of drug-likeness (QED) is 0.687. The summed E-state index contributed by atoms with van der Waals surface area (Å²) < 4.78 is 4.95. The molecule has 0 saturated carbocycles. The minimum absolute atomic E-state index is 0.510. The summed E-state index contributed by atoms with van der Waals surface area (Å²) >= 11 is 0. The van der Waals surface area contributed by atoms with Crippen molar-refractivity contribution in [2.24, 2.45) is 0 Å². The Labute approximate surface area is 90.1 Å². The van der Waals surface area contributed by atoms with Gasteiger partial charge in [-0.15, -0.1) is 0 Å². The first-order chi connectivity index (χ1) is 7.26. The molecule has 0 aliphatic heterocycles. The number of hydrogen-bond donors (Lipinski definition) is 2. The third-order valence-electron chi connectivity index (χ3n) is 1.94. The Balaban J connectivity index is 2.49. The molecule has 0 saturated heterocycles. The molecule has 5 heteroatoms. The molecule has 0 aliphatic carbocycles. The molecule has 0 unspecified atom stereocenters. The molecule has 84 valence electrons. The maximum atomic E-state index is 5.65. The molecule has 0 bridgehead atoms. The number of ether oxygens (including phenoxy) is 1. The van der Waals surface area contributed by atoms with E-state index in [2.05, 4.69) is 15.3 Å². The molecule has 0 fully saturated rings. The summed E-state index contributed by atoms with van der Waals surface area (Å²) in [6.45, 7) is 3.57. The van der Waals surface area contributed by atoms with Crippen molar-refractivity contribution in [3.8, 4) is 0 Å². The lowest BCUT2D eigenvalue weighted by Gasteiger charge is -2.07. The summed E-state index contributed by atoms with van der Waals surface area (Å²) in [7, 11) is 1.69. The molecular weight excluding hydrogens is 192 g/mol. The number of nitrogens with two attached hydrogens (primary N) is 1. The Bertz CT molecular complexity index is 303. The first-order valence-corrected chi connectivity index (χ1v) is 5.12. The molecule has 0 spiro atoms. The topological polar surface area (TPSA) is 73.1 Å². The van der Waals surface area contributed by atoms with Gasteiger partial charge in [0.05, 0.1) is 0 Å². The van der Waals surface area contributed by atoms with Crippen LogP contribution >= 0.6 is 0 Å². The van der Waals surface area contributed by atoms with Crippen molar-refractivity contribution in [3.05, 3.63) is 11.9 Å². The van der Waals surface area contributed by atoms with E-state index >= 15 is 0 Å². The fourth-order valence-electron chi connectivity index (χ4n) is 1.20. The van der Waals surface area contributed by atoms with E-state index < -0.39 is 0 Å². The largest absolute Gasteiger partial charge is 0.385 e. The van der Waals surface area contributed by atoms with Crippen LogP contribution in [0.3, 0.4) is 0 Å². The van der Waals surface area contributed by atoms with Gasteiger partial charge in [0.2, 0.25) is 0 Å². The van der Waals surface area contributed by atoms with Gasteiger partial charge in [0.25, 0.3) is 0 Å². The number of nitrogen functional groups attached to an aromatic ring is 1. The van der Waals surface area contributed by atoms with Gasteiger partial charge in [-0.3, -0.25) is 0 Å². The minimum Gasteiger partial charge on any atom is -0.385 e. The zero-order chi connectivity index (χ0) is 11.1. The summed E-state index contributed by atoms with van der Waals surface area (Å²) in [4.78, 5) is 8.41. The van der Waals surface area contributed by atoms with Crippen LogP contribution in [0, 0.1) is 0 Å². The number of aromatic nitrogens is 2. The van der Waals surface area contributed by atoms with Gasteiger partial charge < -0.3 is 15.8 Å². The molecule has 0 aromatic carbocycles. The van der Waals surface area contributed by atoms with E-state index in [4.69, 9.17) is 10.5 Å². The molecule has 0 amide bonds. The van der Waals surface area contributed by atoms with E-state index in [1.807, 2.05) is 6.92 Å². The molecule has 15 heavy (non-hydrogen) atoms. The van der Waals surface area contributed by atoms with Crippen LogP contribution in [0.4, 0.5) is 11.6 Å². The van der Waals surface area contributed by atoms with Crippen molar-refractivity contribution >= 4 is 11.6 Å². The van der Waals surface area contributed by atoms with E-state index in [0.717, 1.165) is 37.6 Å². The van der Waals surface area contributed by atoms with Gasteiger partial charge in [0.15, 0.2) is 0 Å². The van der Waals surface area contributed by atoms with Crippen molar-refractivity contribution in [1.29, 1.82) is 0 Å². The fraction of sp³-hybridized carbons (Fsp3) is 0.600. The SMILES string of the molecule is CCc1nc(N)cc(NCCCOC)n1. The second kappa shape index (κ2) is 6.19. The van der Waals surface area contributed by atoms with E-state index in [-0.39, 0.29) is 0 Å². The fourth-order valence-corrected chi connectivity index (χ4v) is 1.20. The van der Waals surface area contributed by atoms with Crippen molar-refractivity contribution < 1.29 is 4.74 Å². The zero-order valence-electron chi connectivity index (χ0n) is 9.29. The van der Waals surface area contributed by atoms with Crippen LogP contribution in [-0.2, 0) is 11.2 Å². The number of nitrogens with one attached hydrogen (secondary N) is 1. The molecule has 1 rings (SSSR count). The van der Waals surface area contributed by atoms with E-state index in [9.17, 15) is 0 Å². The Morgan fingerprint density at radius 2 is 2.27 bits per heavy atom. The van der Waals surface area contributed by atoms with Gasteiger partial charge in [-0.05, 0) is 6.42 Å². The Kier molecular flexibility index (Phi) is 4.83. The summed E-state index contributed by atoms with van der Waals surface area (Å²) in [6.07, 6.45) is 1.74. The monoisotopic (exact) mass is 210 g/mol. The third kappa shape index (κ3) is 4.12. The van der Waals surface area contributed by atoms with Gasteiger partial charge in [0, 0.05) is 32.7 Å². The zero-order valence-corrected chi connectivity index (χ0v) is 9.29. The summed E-state index contributed by atoms with van der Waals surface area (Å²) in [5.41, 5.74) is 5.65. The smallest absolute Gasteiger partial charge is 0.132 e. The Hall–Kier alpha value is -1.36. The van der Waals surface area contributed by atoms with Gasteiger partial charge in [-0.2, -0.15) is 0 Å². The second-order valence-electron chi connectivity index (χ2n) is 3.22. The lowest BCUT2D eigenvalue weighted by Crippen LogP contribution is -2.08. The molecule has 5 nitrogen and oxygen atoms in total. The first kappa shape index (κ1) is 11.7. The number of aryl methyl sites for hydroxylation is 1. The highest BCUT2D eigenvalue weighted by Gasteiger charge is 1.99. The molecule has 1 aromatic rings. The number of rotatable bonds is 6. The molecular formula is C10H18N4O. The standard InChI is InChI=1S/C10H18N4O/c1-3-9-13-8(11)7-10(14-9)12-5-4-6-15-2/h7H,3-6H2,1-2H3,(H3,11,12,13,14). The summed E-state index contributed by atoms with van der Waals surface area (Å²) in [5.74, 6) is 2.07. The number of anilines is 2. The van der Waals surface area contributed by atoms with Crippen molar-refractivity contribution in [3.63, 3.8) is 0 Å². The highest BCUT2D eigenvalue weighted by molar-refractivity contribution is 5.44. The average Bonchev–Trinajstić information content (AvgIpc) is 2.23. The maximum Gasteiger partial charge on any atom is 0.132 e. The lowest BCUT2D eigenvalue weighted by molar-refractivity contribution is 0.198. The van der Waals surface area contributed by atoms with Crippen molar-refractivity contribution in [2.45, 2.75) is 19.8 Å². The highest BCUT2D eigenvalue weighted by Crippen LogP contribution is 2.08. The normalized spacial score (nSPS) is 10.3. The van der Waals surface area contributed by atoms with Gasteiger partial charge in [-0.1, -0.05) is 6.92 Å². The third-order valence-corrected chi connectivity index (χ3v) is 1.94. The van der Waals surface area contributed by atoms with Gasteiger partial charge in [-0.25, -0.2) is 9.97 Å².